The Hall–Kier alpha value is -1.56. The molecule has 5 nitrogen and oxygen atoms in total. The first kappa shape index (κ1) is 14.8. The van der Waals surface area contributed by atoms with Gasteiger partial charge in [0.1, 0.15) is 0 Å². The third kappa shape index (κ3) is 2.95. The van der Waals surface area contributed by atoms with Crippen LogP contribution < -0.4 is 4.90 Å². The minimum atomic E-state index is -0.399. The van der Waals surface area contributed by atoms with Gasteiger partial charge in [-0.1, -0.05) is 13.3 Å². The summed E-state index contributed by atoms with van der Waals surface area (Å²) in [7, 11) is 0. The number of thiol groups is 1. The van der Waals surface area contributed by atoms with Gasteiger partial charge >= 0.3 is 0 Å². The Balaban J connectivity index is 2.31. The number of carbonyl (C=O) groups is 1. The molecule has 0 radical (unpaired) electrons. The largest absolute Gasteiger partial charge is 0.312 e. The summed E-state index contributed by atoms with van der Waals surface area (Å²) < 4.78 is 0. The summed E-state index contributed by atoms with van der Waals surface area (Å²) in [5.74, 6) is 1.15. The van der Waals surface area contributed by atoms with Crippen molar-refractivity contribution in [3.8, 4) is 0 Å². The lowest BCUT2D eigenvalue weighted by molar-refractivity contribution is -0.384. The van der Waals surface area contributed by atoms with Gasteiger partial charge in [-0.2, -0.15) is 12.6 Å². The lowest BCUT2D eigenvalue weighted by atomic mass is 9.98. The zero-order chi connectivity index (χ0) is 14.7. The molecule has 1 heterocycles. The number of benzene rings is 1. The Kier molecular flexibility index (Phi) is 4.65. The predicted octanol–water partition coefficient (Wildman–Crippen LogP) is 2.83. The normalized spacial score (nSPS) is 15.9. The number of fused-ring (bicyclic) bond motifs is 1. The van der Waals surface area contributed by atoms with E-state index in [-0.39, 0.29) is 11.6 Å². The van der Waals surface area contributed by atoms with Crippen molar-refractivity contribution in [2.45, 2.75) is 26.2 Å². The molecule has 1 unspecified atom stereocenters. The van der Waals surface area contributed by atoms with Gasteiger partial charge in [0, 0.05) is 30.8 Å². The lowest BCUT2D eigenvalue weighted by Gasteiger charge is -2.31. The van der Waals surface area contributed by atoms with E-state index in [4.69, 9.17) is 0 Å². The molecule has 0 spiro atoms. The molecule has 0 bridgehead atoms. The summed E-state index contributed by atoms with van der Waals surface area (Å²) in [5, 5.41) is 10.8. The number of aryl methyl sites for hydroxylation is 1. The van der Waals surface area contributed by atoms with Crippen LogP contribution >= 0.6 is 12.6 Å². The Labute approximate surface area is 123 Å². The number of amides is 1. The van der Waals surface area contributed by atoms with Crippen LogP contribution in [0, 0.1) is 16.0 Å². The van der Waals surface area contributed by atoms with Gasteiger partial charge in [0.05, 0.1) is 4.92 Å². The average Bonchev–Trinajstić information content (AvgIpc) is 2.46. The first-order valence-corrected chi connectivity index (χ1v) is 7.38. The molecule has 1 aliphatic heterocycles. The number of anilines is 1. The second-order valence-corrected chi connectivity index (χ2v) is 5.40. The van der Waals surface area contributed by atoms with Gasteiger partial charge in [-0.3, -0.25) is 14.9 Å². The van der Waals surface area contributed by atoms with Gasteiger partial charge in [-0.05, 0) is 29.7 Å². The molecule has 0 saturated carbocycles. The maximum Gasteiger partial charge on any atom is 0.269 e. The zero-order valence-corrected chi connectivity index (χ0v) is 12.3. The van der Waals surface area contributed by atoms with E-state index in [2.05, 4.69) is 19.6 Å². The summed E-state index contributed by atoms with van der Waals surface area (Å²) in [6.45, 7) is 2.70. The number of nitro groups is 1. The van der Waals surface area contributed by atoms with E-state index < -0.39 is 4.92 Å². The molecule has 0 aliphatic carbocycles. The quantitative estimate of drug-likeness (QED) is 0.516. The molecule has 6 heteroatoms. The highest BCUT2D eigenvalue weighted by Crippen LogP contribution is 2.31. The van der Waals surface area contributed by atoms with E-state index >= 15 is 0 Å². The van der Waals surface area contributed by atoms with Crippen molar-refractivity contribution in [1.82, 2.24) is 0 Å². The van der Waals surface area contributed by atoms with Crippen LogP contribution in [0.5, 0.6) is 0 Å². The number of rotatable bonds is 5. The van der Waals surface area contributed by atoms with Crippen molar-refractivity contribution in [3.63, 3.8) is 0 Å². The highest BCUT2D eigenvalue weighted by Gasteiger charge is 2.27. The topological polar surface area (TPSA) is 63.5 Å². The van der Waals surface area contributed by atoms with E-state index in [1.165, 1.54) is 6.07 Å². The molecule has 1 amide bonds. The highest BCUT2D eigenvalue weighted by molar-refractivity contribution is 7.80. The average molecular weight is 294 g/mol. The molecular weight excluding hydrogens is 276 g/mol. The second kappa shape index (κ2) is 6.26. The minimum absolute atomic E-state index is 0.0827. The first-order chi connectivity index (χ1) is 9.56. The number of hydrogen-bond donors (Lipinski definition) is 1. The van der Waals surface area contributed by atoms with E-state index in [0.717, 1.165) is 23.4 Å². The molecule has 20 heavy (non-hydrogen) atoms. The van der Waals surface area contributed by atoms with Gasteiger partial charge in [0.15, 0.2) is 0 Å². The van der Waals surface area contributed by atoms with Crippen LogP contribution in [0.4, 0.5) is 11.4 Å². The summed E-state index contributed by atoms with van der Waals surface area (Å²) in [4.78, 5) is 24.3. The molecule has 0 N–H and O–H groups in total. The fraction of sp³-hybridized carbons (Fsp3) is 0.500. The van der Waals surface area contributed by atoms with E-state index in [9.17, 15) is 14.9 Å². The molecule has 1 aromatic rings. The van der Waals surface area contributed by atoms with E-state index in [1.54, 1.807) is 17.0 Å². The molecule has 0 fully saturated rings. The van der Waals surface area contributed by atoms with Crippen LogP contribution in [0.1, 0.15) is 25.3 Å². The molecule has 1 atom stereocenters. The van der Waals surface area contributed by atoms with Crippen LogP contribution in [-0.2, 0) is 11.2 Å². The fourth-order valence-corrected chi connectivity index (χ4v) is 2.81. The van der Waals surface area contributed by atoms with Crippen LogP contribution in [0.3, 0.4) is 0 Å². The summed E-state index contributed by atoms with van der Waals surface area (Å²) in [6.07, 6.45) is 1.94. The van der Waals surface area contributed by atoms with Crippen molar-refractivity contribution in [3.05, 3.63) is 33.9 Å². The third-order valence-electron chi connectivity index (χ3n) is 3.75. The Bertz CT molecular complexity index is 529. The number of hydrogen-bond acceptors (Lipinski definition) is 4. The number of non-ortho nitro benzene ring substituents is 1. The SMILES string of the molecule is CCC(CS)CN1C(=O)CCc2cc([N+](=O)[O-])ccc21. The van der Waals surface area contributed by atoms with Crippen LogP contribution in [0.25, 0.3) is 0 Å². The van der Waals surface area contributed by atoms with Gasteiger partial charge in [0.25, 0.3) is 5.69 Å². The first-order valence-electron chi connectivity index (χ1n) is 6.75. The maximum absolute atomic E-state index is 12.1. The van der Waals surface area contributed by atoms with Crippen molar-refractivity contribution in [2.24, 2.45) is 5.92 Å². The molecule has 1 aromatic carbocycles. The molecule has 0 saturated heterocycles. The number of carbonyl (C=O) groups excluding carboxylic acids is 1. The predicted molar refractivity (Wildman–Crippen MR) is 81.4 cm³/mol. The Morgan fingerprint density at radius 3 is 2.80 bits per heavy atom. The van der Waals surface area contributed by atoms with E-state index in [0.29, 0.717) is 25.3 Å². The van der Waals surface area contributed by atoms with Gasteiger partial charge in [-0.15, -0.1) is 0 Å². The highest BCUT2D eigenvalue weighted by atomic mass is 32.1. The summed E-state index contributed by atoms with van der Waals surface area (Å²) in [6, 6.07) is 4.73. The molecule has 1 aliphatic rings. The molecule has 2 rings (SSSR count). The Morgan fingerprint density at radius 2 is 2.20 bits per heavy atom. The van der Waals surface area contributed by atoms with Crippen molar-refractivity contribution < 1.29 is 9.72 Å². The van der Waals surface area contributed by atoms with Crippen molar-refractivity contribution in [1.29, 1.82) is 0 Å². The van der Waals surface area contributed by atoms with Crippen LogP contribution in [-0.4, -0.2) is 23.1 Å². The van der Waals surface area contributed by atoms with Crippen LogP contribution in [0.15, 0.2) is 18.2 Å². The Morgan fingerprint density at radius 1 is 1.45 bits per heavy atom. The lowest BCUT2D eigenvalue weighted by Crippen LogP contribution is -2.39. The van der Waals surface area contributed by atoms with Crippen molar-refractivity contribution >= 4 is 29.9 Å². The van der Waals surface area contributed by atoms with Gasteiger partial charge in [0.2, 0.25) is 5.91 Å². The molecule has 108 valence electrons. The monoisotopic (exact) mass is 294 g/mol. The van der Waals surface area contributed by atoms with E-state index in [1.807, 2.05) is 0 Å². The smallest absolute Gasteiger partial charge is 0.269 e. The number of nitrogens with zero attached hydrogens (tertiary/aromatic N) is 2. The third-order valence-corrected chi connectivity index (χ3v) is 4.27. The summed E-state index contributed by atoms with van der Waals surface area (Å²) in [5.41, 5.74) is 1.78. The van der Waals surface area contributed by atoms with Gasteiger partial charge < -0.3 is 4.90 Å². The zero-order valence-electron chi connectivity index (χ0n) is 11.4. The minimum Gasteiger partial charge on any atom is -0.312 e. The standard InChI is InChI=1S/C14H18N2O3S/c1-2-10(9-20)8-15-13-5-4-12(16(18)19)7-11(13)3-6-14(15)17/h4-5,7,10,20H,2-3,6,8-9H2,1H3. The number of nitro benzene ring substituents is 1. The maximum atomic E-state index is 12.1. The summed E-state index contributed by atoms with van der Waals surface area (Å²) >= 11 is 4.31. The van der Waals surface area contributed by atoms with Crippen LogP contribution in [0.2, 0.25) is 0 Å². The van der Waals surface area contributed by atoms with Gasteiger partial charge in [-0.25, -0.2) is 0 Å². The molecule has 0 aromatic heterocycles. The fourth-order valence-electron chi connectivity index (χ4n) is 2.43. The molecular formula is C14H18N2O3S. The van der Waals surface area contributed by atoms with Crippen molar-refractivity contribution in [2.75, 3.05) is 17.2 Å². The second-order valence-electron chi connectivity index (χ2n) is 5.03.